The van der Waals surface area contributed by atoms with Gasteiger partial charge in [0.05, 0.1) is 18.4 Å². The Hall–Kier alpha value is -4.22. The summed E-state index contributed by atoms with van der Waals surface area (Å²) in [6.45, 7) is 4.00. The fourth-order valence-electron chi connectivity index (χ4n) is 4.69. The van der Waals surface area contributed by atoms with E-state index in [0.29, 0.717) is 40.9 Å². The molecule has 1 saturated carbocycles. The minimum absolute atomic E-state index is 0.199. The monoisotopic (exact) mass is 553 g/mol. The van der Waals surface area contributed by atoms with Crippen molar-refractivity contribution < 1.29 is 17.9 Å². The first-order valence-electron chi connectivity index (χ1n) is 12.9. The zero-order valence-electron chi connectivity index (χ0n) is 22.9. The first-order valence-corrected chi connectivity index (χ1v) is 12.9. The maximum atomic E-state index is 13.3. The Morgan fingerprint density at radius 3 is 2.45 bits per heavy atom. The van der Waals surface area contributed by atoms with Crippen LogP contribution in [0.1, 0.15) is 55.6 Å². The Morgan fingerprint density at radius 2 is 1.85 bits per heavy atom. The molecule has 40 heavy (non-hydrogen) atoms. The first-order chi connectivity index (χ1) is 19.0. The highest BCUT2D eigenvalue weighted by Crippen LogP contribution is 2.45. The lowest BCUT2D eigenvalue weighted by Gasteiger charge is -2.21. The highest BCUT2D eigenvalue weighted by atomic mass is 19.4. The molecule has 4 aromatic rings. The van der Waals surface area contributed by atoms with Crippen molar-refractivity contribution in [1.29, 1.82) is 0 Å². The lowest BCUT2D eigenvalue weighted by Crippen LogP contribution is -2.29. The molecule has 5 rings (SSSR count). The van der Waals surface area contributed by atoms with Crippen LogP contribution in [0.4, 0.5) is 18.9 Å². The quantitative estimate of drug-likeness (QED) is 0.295. The van der Waals surface area contributed by atoms with Gasteiger partial charge in [0.1, 0.15) is 23.5 Å². The molecule has 3 heterocycles. The van der Waals surface area contributed by atoms with Crippen molar-refractivity contribution in [3.05, 3.63) is 70.2 Å². The summed E-state index contributed by atoms with van der Waals surface area (Å²) in [5, 5.41) is 4.49. The van der Waals surface area contributed by atoms with Gasteiger partial charge in [-0.15, -0.1) is 0 Å². The van der Waals surface area contributed by atoms with Crippen LogP contribution in [-0.4, -0.2) is 43.5 Å². The van der Waals surface area contributed by atoms with E-state index in [0.717, 1.165) is 30.3 Å². The zero-order valence-corrected chi connectivity index (χ0v) is 22.9. The van der Waals surface area contributed by atoms with Crippen molar-refractivity contribution >= 4 is 5.69 Å². The number of aromatic nitrogens is 6. The number of alkyl halides is 3. The lowest BCUT2D eigenvalue weighted by atomic mass is 10.1. The number of aryl methyl sites for hydroxylation is 1. The summed E-state index contributed by atoms with van der Waals surface area (Å²) >= 11 is 0. The van der Waals surface area contributed by atoms with Crippen LogP contribution in [0.5, 0.6) is 5.88 Å². The van der Waals surface area contributed by atoms with Crippen molar-refractivity contribution in [2.24, 2.45) is 7.05 Å². The average Bonchev–Trinajstić information content (AvgIpc) is 3.66. The van der Waals surface area contributed by atoms with Crippen LogP contribution in [0, 0.1) is 0 Å². The van der Waals surface area contributed by atoms with Crippen LogP contribution in [0.25, 0.3) is 22.6 Å². The molecule has 1 aromatic carbocycles. The highest BCUT2D eigenvalue weighted by Gasteiger charge is 2.35. The Morgan fingerprint density at radius 1 is 1.15 bits per heavy atom. The topological polar surface area (TPSA) is 91.0 Å². The normalized spacial score (nSPS) is 13.6. The number of rotatable bonds is 8. The molecule has 0 saturated heterocycles. The van der Waals surface area contributed by atoms with Crippen molar-refractivity contribution in [1.82, 2.24) is 29.3 Å². The minimum Gasteiger partial charge on any atom is -0.480 e. The van der Waals surface area contributed by atoms with E-state index < -0.39 is 11.9 Å². The molecule has 3 aromatic heterocycles. The maximum absolute atomic E-state index is 13.3. The molecule has 0 amide bonds. The molecule has 0 aliphatic heterocycles. The van der Waals surface area contributed by atoms with Gasteiger partial charge in [-0.25, -0.2) is 19.6 Å². The minimum atomic E-state index is -4.53. The second-order valence-corrected chi connectivity index (χ2v) is 10.3. The van der Waals surface area contributed by atoms with Crippen molar-refractivity contribution in [2.75, 3.05) is 19.1 Å². The van der Waals surface area contributed by atoms with Crippen LogP contribution in [0.2, 0.25) is 0 Å². The van der Waals surface area contributed by atoms with E-state index in [2.05, 4.69) is 20.1 Å². The fourth-order valence-corrected chi connectivity index (χ4v) is 4.69. The maximum Gasteiger partial charge on any atom is 0.434 e. The van der Waals surface area contributed by atoms with Gasteiger partial charge in [-0.05, 0) is 38.3 Å². The van der Waals surface area contributed by atoms with E-state index in [4.69, 9.17) is 4.74 Å². The lowest BCUT2D eigenvalue weighted by molar-refractivity contribution is -0.140. The first kappa shape index (κ1) is 27.4. The number of ether oxygens (including phenoxy) is 1. The van der Waals surface area contributed by atoms with Crippen LogP contribution in [0.3, 0.4) is 0 Å². The predicted molar refractivity (Wildman–Crippen MR) is 144 cm³/mol. The molecule has 0 bridgehead atoms. The smallest absolute Gasteiger partial charge is 0.434 e. The van der Waals surface area contributed by atoms with Gasteiger partial charge in [-0.1, -0.05) is 24.3 Å². The van der Waals surface area contributed by atoms with E-state index in [1.165, 1.54) is 15.6 Å². The predicted octanol–water partition coefficient (Wildman–Crippen LogP) is 5.22. The second kappa shape index (κ2) is 10.4. The second-order valence-electron chi connectivity index (χ2n) is 10.3. The largest absolute Gasteiger partial charge is 0.480 e. The Bertz CT molecular complexity index is 1590. The average molecular weight is 554 g/mol. The number of nitrogens with zero attached hydrogens (tertiary/aromatic N) is 7. The number of hydrogen-bond donors (Lipinski definition) is 0. The van der Waals surface area contributed by atoms with E-state index >= 15 is 0 Å². The fraction of sp³-hybridized carbons (Fsp3) is 0.393. The number of anilines is 1. The molecular weight excluding hydrogens is 523 g/mol. The van der Waals surface area contributed by atoms with Gasteiger partial charge < -0.3 is 14.2 Å². The number of methoxy groups -OCH3 is 1. The SMILES string of the molecule is COc1ncnc(C2CC2)c1-c1cc(N(C)Cc2ccc(-c3nc(C(F)(F)F)cn3C(C)C)cc2)c(=O)n(C)n1. The molecule has 0 unspecified atom stereocenters. The number of halogens is 3. The number of imidazole rings is 1. The third-order valence-corrected chi connectivity index (χ3v) is 6.92. The van der Waals surface area contributed by atoms with Crippen molar-refractivity contribution in [3.63, 3.8) is 0 Å². The summed E-state index contributed by atoms with van der Waals surface area (Å²) < 4.78 is 48.2. The molecule has 0 atom stereocenters. The highest BCUT2D eigenvalue weighted by molar-refractivity contribution is 5.71. The van der Waals surface area contributed by atoms with Gasteiger partial charge in [0, 0.05) is 44.4 Å². The van der Waals surface area contributed by atoms with Gasteiger partial charge >= 0.3 is 6.18 Å². The zero-order chi connectivity index (χ0) is 28.8. The molecule has 9 nitrogen and oxygen atoms in total. The molecule has 1 aliphatic carbocycles. The summed E-state index contributed by atoms with van der Waals surface area (Å²) in [6.07, 6.45) is 0.0434. The summed E-state index contributed by atoms with van der Waals surface area (Å²) in [4.78, 5) is 27.5. The molecule has 0 N–H and O–H groups in total. The molecule has 210 valence electrons. The van der Waals surface area contributed by atoms with Crippen molar-refractivity contribution in [2.45, 2.75) is 51.4 Å². The van der Waals surface area contributed by atoms with E-state index in [9.17, 15) is 18.0 Å². The standard InChI is InChI=1S/C28H30F3N7O2/c1-16(2)38-14-22(28(29,30)31)34-25(38)19-8-6-17(7-9-19)13-36(3)21-12-20(35-37(4)27(21)39)23-24(18-10-11-18)32-15-33-26(23)40-5/h6-9,12,14-16,18H,10-11,13H2,1-5H3. The summed E-state index contributed by atoms with van der Waals surface area (Å²) in [5.74, 6) is 0.963. The number of hydrogen-bond acceptors (Lipinski definition) is 7. The van der Waals surface area contributed by atoms with Crippen LogP contribution >= 0.6 is 0 Å². The molecular formula is C28H30F3N7O2. The van der Waals surface area contributed by atoms with E-state index in [1.54, 1.807) is 39.4 Å². The number of benzene rings is 1. The molecule has 12 heteroatoms. The van der Waals surface area contributed by atoms with Crippen LogP contribution < -0.4 is 15.2 Å². The summed E-state index contributed by atoms with van der Waals surface area (Å²) in [5.41, 5.74) is 2.75. The summed E-state index contributed by atoms with van der Waals surface area (Å²) in [6, 6.07) is 8.66. The summed E-state index contributed by atoms with van der Waals surface area (Å²) in [7, 11) is 4.94. The molecule has 0 radical (unpaired) electrons. The van der Waals surface area contributed by atoms with Gasteiger partial charge in [0.25, 0.3) is 5.56 Å². The molecule has 1 aliphatic rings. The Balaban J connectivity index is 1.44. The van der Waals surface area contributed by atoms with Crippen LogP contribution in [0.15, 0.2) is 47.7 Å². The van der Waals surface area contributed by atoms with Gasteiger partial charge in [-0.2, -0.15) is 18.3 Å². The molecule has 0 spiro atoms. The third-order valence-electron chi connectivity index (χ3n) is 6.92. The van der Waals surface area contributed by atoms with Gasteiger partial charge in [0.2, 0.25) is 5.88 Å². The van der Waals surface area contributed by atoms with Gasteiger partial charge in [0.15, 0.2) is 5.69 Å². The Kier molecular flexibility index (Phi) is 7.11. The third kappa shape index (κ3) is 5.30. The van der Waals surface area contributed by atoms with Gasteiger partial charge in [-0.3, -0.25) is 4.79 Å². The van der Waals surface area contributed by atoms with Crippen molar-refractivity contribution in [3.8, 4) is 28.5 Å². The Labute approximate surface area is 229 Å². The van der Waals surface area contributed by atoms with E-state index in [1.807, 2.05) is 30.9 Å². The van der Waals surface area contributed by atoms with Crippen LogP contribution in [-0.2, 0) is 19.8 Å². The van der Waals surface area contributed by atoms with E-state index in [-0.39, 0.29) is 17.4 Å². The molecule has 1 fully saturated rings.